The molecule has 0 aliphatic rings. The Morgan fingerprint density at radius 2 is 1.24 bits per heavy atom. The maximum absolute atomic E-state index is 12.0. The molecule has 33 heavy (non-hydrogen) atoms. The summed E-state index contributed by atoms with van der Waals surface area (Å²) in [4.78, 5) is 11.6. The quantitative estimate of drug-likeness (QED) is 0.259. The fraction of sp³-hybridized carbons (Fsp3) is 0.682. The van der Waals surface area contributed by atoms with Gasteiger partial charge < -0.3 is 29.0 Å². The first-order valence-electron chi connectivity index (χ1n) is 10.8. The zero-order chi connectivity index (χ0) is 24.6. The van der Waals surface area contributed by atoms with E-state index in [9.17, 15) is 13.2 Å². The van der Waals surface area contributed by atoms with Crippen LogP contribution in [0.1, 0.15) is 26.3 Å². The van der Waals surface area contributed by atoms with Gasteiger partial charge in [0.2, 0.25) is 0 Å². The van der Waals surface area contributed by atoms with Crippen LogP contribution in [-0.2, 0) is 38.0 Å². The summed E-state index contributed by atoms with van der Waals surface area (Å²) in [6.45, 7) is 10.4. The van der Waals surface area contributed by atoms with Crippen molar-refractivity contribution in [3.05, 3.63) is 29.8 Å². The molecule has 1 aromatic rings. The number of ether oxygens (including phenoxy) is 5. The van der Waals surface area contributed by atoms with Crippen LogP contribution in [0.2, 0.25) is 0 Å². The number of benzene rings is 1. The van der Waals surface area contributed by atoms with E-state index in [-0.39, 0.29) is 18.1 Å². The molecule has 0 bridgehead atoms. The molecule has 0 saturated carbocycles. The number of alkyl carbamates (subject to hydrolysis) is 1. The van der Waals surface area contributed by atoms with Gasteiger partial charge in [-0.1, -0.05) is 17.7 Å². The van der Waals surface area contributed by atoms with Crippen LogP contribution in [0.25, 0.3) is 0 Å². The predicted molar refractivity (Wildman–Crippen MR) is 122 cm³/mol. The van der Waals surface area contributed by atoms with Gasteiger partial charge in [-0.3, -0.25) is 4.18 Å². The van der Waals surface area contributed by atoms with Gasteiger partial charge in [0.15, 0.2) is 0 Å². The maximum atomic E-state index is 12.0. The maximum Gasteiger partial charge on any atom is 0.407 e. The molecule has 0 aliphatic heterocycles. The van der Waals surface area contributed by atoms with Crippen LogP contribution in [0.5, 0.6) is 0 Å². The number of hydrogen-bond acceptors (Lipinski definition) is 9. The minimum Gasteiger partial charge on any atom is -0.444 e. The number of aryl methyl sites for hydroxylation is 1. The number of rotatable bonds is 17. The summed E-state index contributed by atoms with van der Waals surface area (Å²) in [5.74, 6) is 0. The van der Waals surface area contributed by atoms with E-state index < -0.39 is 21.8 Å². The van der Waals surface area contributed by atoms with Crippen molar-refractivity contribution in [2.45, 2.75) is 38.2 Å². The molecule has 1 aromatic carbocycles. The monoisotopic (exact) mass is 491 g/mol. The van der Waals surface area contributed by atoms with Gasteiger partial charge >= 0.3 is 6.09 Å². The Kier molecular flexibility index (Phi) is 14.2. The summed E-state index contributed by atoms with van der Waals surface area (Å²) in [6.07, 6.45) is -0.469. The smallest absolute Gasteiger partial charge is 0.407 e. The van der Waals surface area contributed by atoms with Crippen LogP contribution in [-0.4, -0.2) is 86.1 Å². The average Bonchev–Trinajstić information content (AvgIpc) is 2.72. The molecule has 0 heterocycles. The molecule has 0 unspecified atom stereocenters. The Bertz CT molecular complexity index is 761. The molecule has 190 valence electrons. The first-order chi connectivity index (χ1) is 15.6. The van der Waals surface area contributed by atoms with Crippen LogP contribution >= 0.6 is 0 Å². The van der Waals surface area contributed by atoms with Crippen molar-refractivity contribution in [3.8, 4) is 0 Å². The number of carbonyl (C=O) groups excluding carboxylic acids is 1. The third-order valence-corrected chi connectivity index (χ3v) is 5.13. The third-order valence-electron chi connectivity index (χ3n) is 3.81. The number of nitrogens with one attached hydrogen (secondary N) is 1. The van der Waals surface area contributed by atoms with Crippen molar-refractivity contribution in [2.24, 2.45) is 0 Å². The zero-order valence-corrected chi connectivity index (χ0v) is 20.8. The standard InChI is InChI=1S/C22H37NO9S/c1-19-5-7-20(8-6-19)33(25,26)31-18-17-30-16-15-29-14-13-28-12-11-27-10-9-23-21(24)32-22(2,3)4/h5-8H,9-18H2,1-4H3,(H,23,24). The van der Waals surface area contributed by atoms with E-state index >= 15 is 0 Å². The highest BCUT2D eigenvalue weighted by Crippen LogP contribution is 2.12. The number of hydrogen-bond donors (Lipinski definition) is 1. The highest BCUT2D eigenvalue weighted by molar-refractivity contribution is 7.86. The molecular weight excluding hydrogens is 454 g/mol. The van der Waals surface area contributed by atoms with E-state index in [1.165, 1.54) is 12.1 Å². The van der Waals surface area contributed by atoms with Crippen molar-refractivity contribution in [1.29, 1.82) is 0 Å². The Hall–Kier alpha value is -1.76. The largest absolute Gasteiger partial charge is 0.444 e. The lowest BCUT2D eigenvalue weighted by molar-refractivity contribution is -0.00437. The normalized spacial score (nSPS) is 12.0. The summed E-state index contributed by atoms with van der Waals surface area (Å²) >= 11 is 0. The number of carbonyl (C=O) groups is 1. The third kappa shape index (κ3) is 15.7. The molecule has 0 saturated heterocycles. The van der Waals surface area contributed by atoms with Crippen LogP contribution in [0, 0.1) is 6.92 Å². The summed E-state index contributed by atoms with van der Waals surface area (Å²) in [6, 6.07) is 6.45. The summed E-state index contributed by atoms with van der Waals surface area (Å²) in [7, 11) is -3.77. The second-order valence-electron chi connectivity index (χ2n) is 7.97. The van der Waals surface area contributed by atoms with Crippen LogP contribution in [0.4, 0.5) is 4.79 Å². The summed E-state index contributed by atoms with van der Waals surface area (Å²) in [5.41, 5.74) is 0.452. The van der Waals surface area contributed by atoms with Crippen molar-refractivity contribution >= 4 is 16.2 Å². The minimum atomic E-state index is -3.77. The Morgan fingerprint density at radius 3 is 1.73 bits per heavy atom. The highest BCUT2D eigenvalue weighted by Gasteiger charge is 2.15. The van der Waals surface area contributed by atoms with Gasteiger partial charge in [0.25, 0.3) is 10.1 Å². The van der Waals surface area contributed by atoms with E-state index in [0.29, 0.717) is 52.8 Å². The molecule has 0 fully saturated rings. The van der Waals surface area contributed by atoms with E-state index in [1.54, 1.807) is 32.9 Å². The Morgan fingerprint density at radius 1 is 0.788 bits per heavy atom. The van der Waals surface area contributed by atoms with Crippen molar-refractivity contribution in [1.82, 2.24) is 5.32 Å². The molecule has 0 aliphatic carbocycles. The van der Waals surface area contributed by atoms with Crippen LogP contribution in [0.3, 0.4) is 0 Å². The molecule has 11 heteroatoms. The van der Waals surface area contributed by atoms with E-state index in [0.717, 1.165) is 5.56 Å². The Balaban J connectivity index is 1.86. The first-order valence-corrected chi connectivity index (χ1v) is 12.2. The van der Waals surface area contributed by atoms with Crippen LogP contribution < -0.4 is 5.32 Å². The van der Waals surface area contributed by atoms with Gasteiger partial charge in [0, 0.05) is 6.54 Å². The molecule has 1 rings (SSSR count). The Labute approximate surface area is 196 Å². The number of amides is 1. The molecule has 1 amide bonds. The average molecular weight is 492 g/mol. The molecule has 0 aromatic heterocycles. The fourth-order valence-electron chi connectivity index (χ4n) is 2.28. The molecular formula is C22H37NO9S. The lowest BCUT2D eigenvalue weighted by Crippen LogP contribution is -2.34. The lowest BCUT2D eigenvalue weighted by Gasteiger charge is -2.19. The second-order valence-corrected chi connectivity index (χ2v) is 9.58. The van der Waals surface area contributed by atoms with Crippen molar-refractivity contribution < 1.29 is 41.1 Å². The van der Waals surface area contributed by atoms with Gasteiger partial charge in [-0.05, 0) is 39.8 Å². The SMILES string of the molecule is Cc1ccc(S(=O)(=O)OCCOCCOCCOCCOCCNC(=O)OC(C)(C)C)cc1. The van der Waals surface area contributed by atoms with Crippen molar-refractivity contribution in [2.75, 3.05) is 66.0 Å². The van der Waals surface area contributed by atoms with E-state index in [2.05, 4.69) is 5.32 Å². The first kappa shape index (κ1) is 29.3. The van der Waals surface area contributed by atoms with Gasteiger partial charge in [-0.25, -0.2) is 4.79 Å². The molecule has 0 radical (unpaired) electrons. The van der Waals surface area contributed by atoms with E-state index in [1.807, 2.05) is 6.92 Å². The zero-order valence-electron chi connectivity index (χ0n) is 20.0. The molecule has 10 nitrogen and oxygen atoms in total. The van der Waals surface area contributed by atoms with Gasteiger partial charge in [-0.15, -0.1) is 0 Å². The van der Waals surface area contributed by atoms with E-state index in [4.69, 9.17) is 27.9 Å². The minimum absolute atomic E-state index is 0.0629. The van der Waals surface area contributed by atoms with Gasteiger partial charge in [-0.2, -0.15) is 8.42 Å². The molecule has 0 spiro atoms. The van der Waals surface area contributed by atoms with Crippen LogP contribution in [0.15, 0.2) is 29.2 Å². The van der Waals surface area contributed by atoms with Gasteiger partial charge in [0.1, 0.15) is 5.60 Å². The molecule has 0 atom stereocenters. The highest BCUT2D eigenvalue weighted by atomic mass is 32.2. The second kappa shape index (κ2) is 16.0. The topological polar surface area (TPSA) is 119 Å². The van der Waals surface area contributed by atoms with Gasteiger partial charge in [0.05, 0.1) is 64.4 Å². The summed E-state index contributed by atoms with van der Waals surface area (Å²) < 4.78 is 55.4. The predicted octanol–water partition coefficient (Wildman–Crippen LogP) is 2.29. The summed E-state index contributed by atoms with van der Waals surface area (Å²) in [5, 5.41) is 2.60. The fourth-order valence-corrected chi connectivity index (χ4v) is 3.17. The lowest BCUT2D eigenvalue weighted by atomic mass is 10.2. The van der Waals surface area contributed by atoms with Crippen molar-refractivity contribution in [3.63, 3.8) is 0 Å². The molecule has 1 N–H and O–H groups in total.